The van der Waals surface area contributed by atoms with Gasteiger partial charge in [-0.3, -0.25) is 32.5 Å². The fraction of sp³-hybridized carbons (Fsp3) is 0.500. The number of fused-ring (bicyclic) bond motifs is 1. The number of phosphoric acid groups is 3. The van der Waals surface area contributed by atoms with Crippen LogP contribution in [0.1, 0.15) is 36.9 Å². The number of phosphoric ester groups is 3. The number of nitrogen functional groups attached to an aromatic ring is 1. The predicted molar refractivity (Wildman–Crippen MR) is 195 cm³/mol. The number of thioether (sulfide) groups is 1. The molecule has 1 saturated heterocycles. The van der Waals surface area contributed by atoms with Gasteiger partial charge in [-0.1, -0.05) is 25.6 Å². The molecule has 2 amide bonds. The Morgan fingerprint density at radius 3 is 2.35 bits per heavy atom. The van der Waals surface area contributed by atoms with Crippen LogP contribution in [0.15, 0.2) is 36.9 Å². The summed E-state index contributed by atoms with van der Waals surface area (Å²) >= 11 is 0.948. The maximum Gasteiger partial charge on any atom is 0.481 e. The van der Waals surface area contributed by atoms with Crippen molar-refractivity contribution in [3.05, 3.63) is 42.5 Å². The number of nitrogens with two attached hydrogens (primary N) is 1. The number of imidazole rings is 1. The molecule has 2 aromatic heterocycles. The number of carbonyl (C=O) groups excluding carboxylic acids is 3. The number of benzene rings is 1. The molecule has 1 fully saturated rings. The molecule has 29 heteroatoms. The van der Waals surface area contributed by atoms with Crippen molar-refractivity contribution in [3.8, 4) is 5.75 Å². The molecule has 11 N–H and O–H groups in total. The van der Waals surface area contributed by atoms with Crippen molar-refractivity contribution in [2.24, 2.45) is 5.41 Å². The van der Waals surface area contributed by atoms with Crippen LogP contribution in [0, 0.1) is 5.41 Å². The lowest BCUT2D eigenvalue weighted by molar-refractivity contribution is -0.137. The third-order valence-electron chi connectivity index (χ3n) is 7.84. The number of amides is 2. The number of phenolic OH excluding ortho intramolecular Hbond substituents is 1. The van der Waals surface area contributed by atoms with Crippen molar-refractivity contribution < 1.29 is 85.6 Å². The van der Waals surface area contributed by atoms with E-state index in [1.54, 1.807) is 0 Å². The third kappa shape index (κ3) is 13.3. The van der Waals surface area contributed by atoms with E-state index in [0.29, 0.717) is 5.56 Å². The fourth-order valence-corrected chi connectivity index (χ4v) is 8.48. The topological polar surface area (TPSA) is 384 Å². The van der Waals surface area contributed by atoms with Crippen LogP contribution < -0.4 is 16.4 Å². The predicted octanol–water partition coefficient (Wildman–Crippen LogP) is -0.316. The molecule has 0 spiro atoms. The highest BCUT2D eigenvalue weighted by Crippen LogP contribution is 2.61. The lowest BCUT2D eigenvalue weighted by atomic mass is 9.87. The SMILES string of the molecule is CC(C)(COP(=O)(O)OP(=O)(O)OCC1OC(n2cnc3c(N)ncnc32)C(O)C1OP(=O)(O)O)C(O)C(=O)NCCC(=O)NCCSC(=O)c1ccc(O)cc1. The van der Waals surface area contributed by atoms with Gasteiger partial charge in [0, 0.05) is 36.2 Å². The molecule has 4 rings (SSSR count). The monoisotopic (exact) mass is 887 g/mol. The Labute approximate surface area is 326 Å². The second kappa shape index (κ2) is 19.1. The van der Waals surface area contributed by atoms with Crippen molar-refractivity contribution >= 4 is 69.1 Å². The molecule has 316 valence electrons. The molecule has 0 bridgehead atoms. The Kier molecular flexibility index (Phi) is 15.5. The highest BCUT2D eigenvalue weighted by Gasteiger charge is 2.50. The molecule has 0 radical (unpaired) electrons. The van der Waals surface area contributed by atoms with Gasteiger partial charge in [-0.2, -0.15) is 4.31 Å². The van der Waals surface area contributed by atoms with Crippen molar-refractivity contribution in [2.45, 2.75) is 50.9 Å². The molecule has 57 heavy (non-hydrogen) atoms. The number of aromatic hydroxyl groups is 1. The summed E-state index contributed by atoms with van der Waals surface area (Å²) < 4.78 is 62.1. The maximum atomic E-state index is 12.7. The van der Waals surface area contributed by atoms with E-state index in [1.807, 2.05) is 0 Å². The minimum absolute atomic E-state index is 0.0119. The fourth-order valence-electron chi connectivity index (χ4n) is 4.95. The van der Waals surface area contributed by atoms with Crippen LogP contribution in [-0.4, -0.2) is 128 Å². The third-order valence-corrected chi connectivity index (χ3v) is 11.8. The first-order valence-electron chi connectivity index (χ1n) is 16.3. The zero-order valence-electron chi connectivity index (χ0n) is 29.8. The van der Waals surface area contributed by atoms with E-state index in [0.717, 1.165) is 29.0 Å². The smallest absolute Gasteiger partial charge is 0.481 e. The zero-order chi connectivity index (χ0) is 42.3. The van der Waals surface area contributed by atoms with Gasteiger partial charge in [0.15, 0.2) is 17.7 Å². The number of nitrogens with zero attached hydrogens (tertiary/aromatic N) is 4. The van der Waals surface area contributed by atoms with Crippen LogP contribution in [-0.2, 0) is 45.9 Å². The molecule has 3 aromatic rings. The lowest BCUT2D eigenvalue weighted by Crippen LogP contribution is -2.46. The summed E-state index contributed by atoms with van der Waals surface area (Å²) in [4.78, 5) is 87.8. The van der Waals surface area contributed by atoms with Crippen LogP contribution in [0.25, 0.3) is 11.2 Å². The van der Waals surface area contributed by atoms with E-state index < -0.39 is 84.6 Å². The summed E-state index contributed by atoms with van der Waals surface area (Å²) in [6, 6.07) is 5.65. The Morgan fingerprint density at radius 1 is 1.02 bits per heavy atom. The van der Waals surface area contributed by atoms with Gasteiger partial charge >= 0.3 is 23.5 Å². The molecule has 1 aromatic carbocycles. The van der Waals surface area contributed by atoms with Crippen molar-refractivity contribution in [1.29, 1.82) is 0 Å². The first kappa shape index (κ1) is 46.3. The number of hydrogen-bond donors (Lipinski definition) is 10. The molecule has 7 unspecified atom stereocenters. The van der Waals surface area contributed by atoms with Crippen molar-refractivity contribution in [2.75, 3.05) is 37.8 Å². The largest absolute Gasteiger partial charge is 0.508 e. The lowest BCUT2D eigenvalue weighted by Gasteiger charge is -2.30. The number of ether oxygens (including phenoxy) is 1. The second-order valence-corrected chi connectivity index (χ2v) is 18.1. The maximum absolute atomic E-state index is 12.7. The first-order chi connectivity index (χ1) is 26.5. The van der Waals surface area contributed by atoms with E-state index in [9.17, 15) is 63.0 Å². The molecule has 0 saturated carbocycles. The van der Waals surface area contributed by atoms with Gasteiger partial charge in [0.2, 0.25) is 16.9 Å². The summed E-state index contributed by atoms with van der Waals surface area (Å²) in [6.45, 7) is 0.331. The van der Waals surface area contributed by atoms with Gasteiger partial charge in [0.05, 0.1) is 19.5 Å². The van der Waals surface area contributed by atoms with Gasteiger partial charge in [-0.05, 0) is 24.3 Å². The van der Waals surface area contributed by atoms with Gasteiger partial charge in [0.1, 0.15) is 42.0 Å². The van der Waals surface area contributed by atoms with E-state index in [1.165, 1.54) is 38.1 Å². The summed E-state index contributed by atoms with van der Waals surface area (Å²) in [6.07, 6.45) is -7.02. The van der Waals surface area contributed by atoms with Crippen LogP contribution >= 0.6 is 35.2 Å². The minimum atomic E-state index is -5.58. The van der Waals surface area contributed by atoms with Gasteiger partial charge < -0.3 is 56.0 Å². The standard InChI is InChI=1S/C28H40N7O18P3S/c1-28(2,22(39)25(40)31-8-7-18(37)30-9-10-57-27(41)15-3-5-16(36)6-4-15)12-50-56(47,48)53-55(45,46)49-11-17-21(52-54(42,43)44)20(38)26(51-17)35-14-34-19-23(29)32-13-33-24(19)35/h3-6,13-14,17,20-22,26,36,38-39H,7-12H2,1-2H3,(H,30,37)(H,31,40)(H,45,46)(H,47,48)(H2,29,32,33)(H2,42,43,44). The number of phenols is 1. The summed E-state index contributed by atoms with van der Waals surface area (Å²) in [5, 5.41) is 35.4. The van der Waals surface area contributed by atoms with Gasteiger partial charge in [-0.15, -0.1) is 0 Å². The Bertz CT molecular complexity index is 2050. The van der Waals surface area contributed by atoms with Crippen LogP contribution in [0.5, 0.6) is 5.75 Å². The van der Waals surface area contributed by atoms with Crippen LogP contribution in [0.2, 0.25) is 0 Å². The molecule has 25 nitrogen and oxygen atoms in total. The van der Waals surface area contributed by atoms with Crippen molar-refractivity contribution in [3.63, 3.8) is 0 Å². The second-order valence-electron chi connectivity index (χ2n) is 12.8. The molecule has 0 aliphatic carbocycles. The highest BCUT2D eigenvalue weighted by atomic mass is 32.2. The van der Waals surface area contributed by atoms with E-state index in [-0.39, 0.29) is 53.1 Å². The average molecular weight is 888 g/mol. The summed E-state index contributed by atoms with van der Waals surface area (Å²) in [5.41, 5.74) is 4.60. The number of nitrogens with one attached hydrogen (secondary N) is 2. The van der Waals surface area contributed by atoms with Crippen LogP contribution in [0.4, 0.5) is 5.82 Å². The first-order valence-corrected chi connectivity index (χ1v) is 21.8. The molecule has 7 atom stereocenters. The molecular formula is C28H40N7O18P3S. The zero-order valence-corrected chi connectivity index (χ0v) is 33.3. The Hall–Kier alpha value is -3.42. The van der Waals surface area contributed by atoms with E-state index in [2.05, 4.69) is 34.4 Å². The van der Waals surface area contributed by atoms with E-state index >= 15 is 0 Å². The normalized spacial score (nSPS) is 21.4. The summed E-state index contributed by atoms with van der Waals surface area (Å²) in [5.74, 6) is -1.27. The number of aromatic nitrogens is 4. The number of hydrogen-bond acceptors (Lipinski definition) is 19. The number of aliphatic hydroxyl groups is 2. The molecule has 1 aliphatic heterocycles. The average Bonchev–Trinajstić information content (AvgIpc) is 3.68. The minimum Gasteiger partial charge on any atom is -0.508 e. The molecule has 3 heterocycles. The van der Waals surface area contributed by atoms with Gasteiger partial charge in [-0.25, -0.2) is 28.6 Å². The quantitative estimate of drug-likeness (QED) is 0.0513. The Morgan fingerprint density at radius 2 is 1.68 bits per heavy atom. The summed E-state index contributed by atoms with van der Waals surface area (Å²) in [7, 11) is -16.4. The van der Waals surface area contributed by atoms with E-state index in [4.69, 9.17) is 19.5 Å². The van der Waals surface area contributed by atoms with Crippen molar-refractivity contribution in [1.82, 2.24) is 30.2 Å². The number of rotatable bonds is 20. The molecule has 1 aliphatic rings. The highest BCUT2D eigenvalue weighted by molar-refractivity contribution is 8.14. The number of anilines is 1. The Balaban J connectivity index is 1.23. The number of aliphatic hydroxyl groups excluding tert-OH is 2. The number of carbonyl (C=O) groups is 3. The molecular weight excluding hydrogens is 847 g/mol. The van der Waals surface area contributed by atoms with Crippen LogP contribution in [0.3, 0.4) is 0 Å². The van der Waals surface area contributed by atoms with Gasteiger partial charge in [0.25, 0.3) is 0 Å².